The molecule has 0 radical (unpaired) electrons. The quantitative estimate of drug-likeness (QED) is 0.443. The lowest BCUT2D eigenvalue weighted by molar-refractivity contribution is 0.0525. The van der Waals surface area contributed by atoms with E-state index in [2.05, 4.69) is 15.4 Å². The fourth-order valence-corrected chi connectivity index (χ4v) is 2.48. The first-order chi connectivity index (χ1) is 8.52. The van der Waals surface area contributed by atoms with Crippen LogP contribution in [0.3, 0.4) is 0 Å². The first-order valence-corrected chi connectivity index (χ1v) is 7.24. The molecular weight excluding hydrogens is 284 g/mol. The van der Waals surface area contributed by atoms with Crippen molar-refractivity contribution in [2.45, 2.75) is 6.23 Å². The zero-order valence-corrected chi connectivity index (χ0v) is 11.1. The average Bonchev–Trinajstić information content (AvgIpc) is 2.89. The van der Waals surface area contributed by atoms with Crippen LogP contribution in [0.5, 0.6) is 0 Å². The van der Waals surface area contributed by atoms with Crippen molar-refractivity contribution >= 4 is 35.8 Å². The third-order valence-electron chi connectivity index (χ3n) is 1.55. The third kappa shape index (κ3) is 13.2. The summed E-state index contributed by atoms with van der Waals surface area (Å²) >= 11 is 3.59. The molecule has 1 unspecified atom stereocenters. The van der Waals surface area contributed by atoms with E-state index in [1.54, 1.807) is 11.8 Å². The Balaban J connectivity index is 0.000000272. The molecule has 8 nitrogen and oxygen atoms in total. The van der Waals surface area contributed by atoms with E-state index in [9.17, 15) is 4.79 Å². The van der Waals surface area contributed by atoms with Crippen LogP contribution in [0.1, 0.15) is 0 Å². The summed E-state index contributed by atoms with van der Waals surface area (Å²) in [6.07, 6.45) is -3.34. The van der Waals surface area contributed by atoms with Gasteiger partial charge >= 0.3 is 12.3 Å². The number of carboxylic acid groups (broad SMARTS) is 3. The van der Waals surface area contributed by atoms with E-state index in [0.717, 1.165) is 5.88 Å². The van der Waals surface area contributed by atoms with Crippen molar-refractivity contribution < 1.29 is 29.6 Å². The topological polar surface area (TPSA) is 128 Å². The van der Waals surface area contributed by atoms with Gasteiger partial charge in [-0.2, -0.15) is 0 Å². The van der Waals surface area contributed by atoms with Gasteiger partial charge in [-0.3, -0.25) is 5.32 Å². The molecule has 10 heteroatoms. The molecular formula is C8H16N2O6S2. The molecule has 0 aromatic carbocycles. The number of thioether (sulfide) groups is 2. The molecule has 2 heterocycles. The second-order valence-corrected chi connectivity index (χ2v) is 5.06. The number of rotatable bonds is 1. The zero-order valence-electron chi connectivity index (χ0n) is 9.50. The summed E-state index contributed by atoms with van der Waals surface area (Å²) in [6.45, 7) is 1.21. The molecule has 2 aliphatic heterocycles. The second kappa shape index (κ2) is 11.3. The highest BCUT2D eigenvalue weighted by molar-refractivity contribution is 7.99. The van der Waals surface area contributed by atoms with Gasteiger partial charge in [-0.15, -0.1) is 23.5 Å². The van der Waals surface area contributed by atoms with Gasteiger partial charge in [0, 0.05) is 29.8 Å². The van der Waals surface area contributed by atoms with Gasteiger partial charge in [-0.05, 0) is 0 Å². The predicted octanol–water partition coefficient (Wildman–Crippen LogP) is 0.804. The highest BCUT2D eigenvalue weighted by Crippen LogP contribution is 2.09. The lowest BCUT2D eigenvalue weighted by atomic mass is 10.7. The van der Waals surface area contributed by atoms with Crippen LogP contribution < -0.4 is 10.6 Å². The highest BCUT2D eigenvalue weighted by atomic mass is 32.2. The molecule has 0 aliphatic carbocycles. The van der Waals surface area contributed by atoms with Crippen LogP contribution in [0, 0.1) is 0 Å². The maximum Gasteiger partial charge on any atom is 0.507 e. The number of carbonyl (C=O) groups is 2. The first-order valence-electron chi connectivity index (χ1n) is 4.93. The zero-order chi connectivity index (χ0) is 13.8. The van der Waals surface area contributed by atoms with Crippen molar-refractivity contribution in [3.63, 3.8) is 0 Å². The fourth-order valence-electron chi connectivity index (χ4n) is 0.935. The normalized spacial score (nSPS) is 21.0. The minimum Gasteiger partial charge on any atom is -0.450 e. The van der Waals surface area contributed by atoms with Gasteiger partial charge in [0.1, 0.15) is 0 Å². The van der Waals surface area contributed by atoms with Gasteiger partial charge in [-0.1, -0.05) is 0 Å². The van der Waals surface area contributed by atoms with E-state index in [4.69, 9.17) is 20.1 Å². The van der Waals surface area contributed by atoms with E-state index in [-0.39, 0.29) is 6.23 Å². The summed E-state index contributed by atoms with van der Waals surface area (Å²) in [7, 11) is 0. The molecule has 2 rings (SSSR count). The molecule has 1 atom stereocenters. The average molecular weight is 300 g/mol. The standard InChI is InChI=1S/C4H7NO3S.C3H7NS.CH2O3/c6-4(7)8-3-1-9-2-5-3;1-2-5-3-4-1;2-1(3)4/h3,5H,1-2H2,(H,6,7);4H,1-3H2;(H2,2,3,4). The summed E-state index contributed by atoms with van der Waals surface area (Å²) in [5.74, 6) is 3.96. The minimum atomic E-state index is -1.83. The third-order valence-corrected chi connectivity index (χ3v) is 3.36. The minimum absolute atomic E-state index is 0.299. The van der Waals surface area contributed by atoms with Gasteiger partial charge in [0.15, 0.2) is 6.23 Å². The van der Waals surface area contributed by atoms with Gasteiger partial charge in [0.05, 0.1) is 0 Å². The van der Waals surface area contributed by atoms with Crippen LogP contribution in [0.2, 0.25) is 0 Å². The van der Waals surface area contributed by atoms with Crippen LogP contribution >= 0.6 is 23.5 Å². The molecule has 0 saturated carbocycles. The fraction of sp³-hybridized carbons (Fsp3) is 0.750. The summed E-state index contributed by atoms with van der Waals surface area (Å²) in [5.41, 5.74) is 0. The van der Waals surface area contributed by atoms with Crippen molar-refractivity contribution in [3.05, 3.63) is 0 Å². The molecule has 0 amide bonds. The first kappa shape index (κ1) is 17.2. The molecule has 5 N–H and O–H groups in total. The Kier molecular flexibility index (Phi) is 10.7. The molecule has 0 bridgehead atoms. The number of hydrogen-bond donors (Lipinski definition) is 5. The Hall–Kier alpha value is -0.840. The van der Waals surface area contributed by atoms with E-state index in [0.29, 0.717) is 5.75 Å². The predicted molar refractivity (Wildman–Crippen MR) is 69.3 cm³/mol. The Morgan fingerprint density at radius 3 is 2.11 bits per heavy atom. The van der Waals surface area contributed by atoms with E-state index in [1.807, 2.05) is 11.8 Å². The summed E-state index contributed by atoms with van der Waals surface area (Å²) in [4.78, 5) is 18.4. The Bertz CT molecular complexity index is 234. The van der Waals surface area contributed by atoms with E-state index in [1.165, 1.54) is 18.2 Å². The van der Waals surface area contributed by atoms with Crippen molar-refractivity contribution in [1.82, 2.24) is 10.6 Å². The molecule has 2 aliphatic rings. The van der Waals surface area contributed by atoms with E-state index < -0.39 is 12.3 Å². The summed E-state index contributed by atoms with van der Waals surface area (Å²) < 4.78 is 4.40. The Morgan fingerprint density at radius 2 is 1.83 bits per heavy atom. The van der Waals surface area contributed by atoms with Crippen molar-refractivity contribution in [3.8, 4) is 0 Å². The molecule has 2 saturated heterocycles. The van der Waals surface area contributed by atoms with Crippen LogP contribution in [0.25, 0.3) is 0 Å². The lowest BCUT2D eigenvalue weighted by Crippen LogP contribution is -2.28. The maximum atomic E-state index is 9.88. The number of ether oxygens (including phenoxy) is 1. The molecule has 18 heavy (non-hydrogen) atoms. The summed E-state index contributed by atoms with van der Waals surface area (Å²) in [5, 5.41) is 28.1. The van der Waals surface area contributed by atoms with Gasteiger partial charge < -0.3 is 25.4 Å². The SMILES string of the molecule is C1CSCN1.O=C(O)O.O=C(O)OC1CSCN1. The maximum absolute atomic E-state index is 9.88. The Labute approximate surface area is 112 Å². The highest BCUT2D eigenvalue weighted by Gasteiger charge is 2.17. The van der Waals surface area contributed by atoms with E-state index >= 15 is 0 Å². The molecule has 0 aromatic heterocycles. The largest absolute Gasteiger partial charge is 0.507 e. The molecule has 2 fully saturated rings. The monoisotopic (exact) mass is 300 g/mol. The smallest absolute Gasteiger partial charge is 0.450 e. The van der Waals surface area contributed by atoms with Crippen LogP contribution in [0.15, 0.2) is 0 Å². The second-order valence-electron chi connectivity index (χ2n) is 2.93. The molecule has 0 spiro atoms. The molecule has 0 aromatic rings. The van der Waals surface area contributed by atoms with Gasteiger partial charge in [0.25, 0.3) is 0 Å². The van der Waals surface area contributed by atoms with Gasteiger partial charge in [0.2, 0.25) is 0 Å². The van der Waals surface area contributed by atoms with Crippen molar-refractivity contribution in [2.75, 3.05) is 29.8 Å². The summed E-state index contributed by atoms with van der Waals surface area (Å²) in [6, 6.07) is 0. The lowest BCUT2D eigenvalue weighted by Gasteiger charge is -2.05. The van der Waals surface area contributed by atoms with Crippen molar-refractivity contribution in [2.24, 2.45) is 0 Å². The molecule has 106 valence electrons. The van der Waals surface area contributed by atoms with Crippen molar-refractivity contribution in [1.29, 1.82) is 0 Å². The van der Waals surface area contributed by atoms with Crippen LogP contribution in [-0.4, -0.2) is 63.7 Å². The number of nitrogens with one attached hydrogen (secondary N) is 2. The Morgan fingerprint density at radius 1 is 1.17 bits per heavy atom. The number of hydrogen-bond acceptors (Lipinski definition) is 7. The van der Waals surface area contributed by atoms with Crippen LogP contribution in [0.4, 0.5) is 9.59 Å². The van der Waals surface area contributed by atoms with Gasteiger partial charge in [-0.25, -0.2) is 9.59 Å². The van der Waals surface area contributed by atoms with Crippen LogP contribution in [-0.2, 0) is 4.74 Å².